The fourth-order valence-electron chi connectivity index (χ4n) is 1.98. The van der Waals surface area contributed by atoms with Gasteiger partial charge in [0, 0.05) is 6.42 Å². The van der Waals surface area contributed by atoms with Gasteiger partial charge >= 0.3 is 5.97 Å². The first-order valence-electron chi connectivity index (χ1n) is 6.63. The molecule has 0 saturated carbocycles. The summed E-state index contributed by atoms with van der Waals surface area (Å²) in [5.41, 5.74) is 6.30. The van der Waals surface area contributed by atoms with Crippen LogP contribution in [0.4, 0.5) is 5.69 Å². The van der Waals surface area contributed by atoms with Crippen LogP contribution < -0.4 is 10.7 Å². The van der Waals surface area contributed by atoms with Crippen LogP contribution in [0.15, 0.2) is 47.6 Å². The van der Waals surface area contributed by atoms with E-state index >= 15 is 0 Å². The van der Waals surface area contributed by atoms with E-state index in [0.29, 0.717) is 5.69 Å². The number of primary amides is 1. The highest BCUT2D eigenvalue weighted by molar-refractivity contribution is 6.38. The van der Waals surface area contributed by atoms with Gasteiger partial charge in [-0.1, -0.05) is 30.4 Å². The number of benzene rings is 1. The van der Waals surface area contributed by atoms with Crippen LogP contribution in [-0.4, -0.2) is 30.2 Å². The lowest BCUT2D eigenvalue weighted by Gasteiger charge is -2.20. The Bertz CT molecular complexity index is 581. The van der Waals surface area contributed by atoms with E-state index in [1.807, 2.05) is 25.1 Å². The van der Waals surface area contributed by atoms with Gasteiger partial charge < -0.3 is 10.5 Å². The van der Waals surface area contributed by atoms with Crippen molar-refractivity contribution in [2.24, 2.45) is 10.8 Å². The largest absolute Gasteiger partial charge is 0.457 e. The van der Waals surface area contributed by atoms with Crippen LogP contribution in [0.25, 0.3) is 0 Å². The minimum absolute atomic E-state index is 0.152. The molecular formula is C15H17N3O3. The second kappa shape index (κ2) is 6.69. The fraction of sp³-hybridized carbons (Fsp3) is 0.267. The quantitative estimate of drug-likeness (QED) is 0.652. The minimum atomic E-state index is -0.670. The summed E-state index contributed by atoms with van der Waals surface area (Å²) in [7, 11) is 0. The Morgan fingerprint density at radius 3 is 2.76 bits per heavy atom. The Labute approximate surface area is 122 Å². The third-order valence-electron chi connectivity index (χ3n) is 3.04. The predicted molar refractivity (Wildman–Crippen MR) is 79.7 cm³/mol. The van der Waals surface area contributed by atoms with Crippen molar-refractivity contribution in [3.05, 3.63) is 42.5 Å². The van der Waals surface area contributed by atoms with E-state index in [2.05, 4.69) is 5.10 Å². The Balaban J connectivity index is 2.17. The van der Waals surface area contributed by atoms with E-state index in [-0.39, 0.29) is 18.7 Å². The zero-order valence-corrected chi connectivity index (χ0v) is 11.7. The van der Waals surface area contributed by atoms with Gasteiger partial charge in [-0.15, -0.1) is 0 Å². The molecule has 0 fully saturated rings. The number of rotatable bonds is 5. The highest BCUT2D eigenvalue weighted by Crippen LogP contribution is 2.24. The SMILES string of the molecule is C/C=C/COC(=O)C1=NN(c2ccccc2)[C@@H](C(N)=O)C1. The number of carbonyl (C=O) groups is 2. The maximum Gasteiger partial charge on any atom is 0.354 e. The molecule has 0 radical (unpaired) electrons. The van der Waals surface area contributed by atoms with Gasteiger partial charge in [0.25, 0.3) is 0 Å². The number of hydrazone groups is 1. The van der Waals surface area contributed by atoms with E-state index in [1.54, 1.807) is 24.3 Å². The number of hydrogen-bond acceptors (Lipinski definition) is 5. The van der Waals surface area contributed by atoms with Crippen LogP contribution in [0.5, 0.6) is 0 Å². The lowest BCUT2D eigenvalue weighted by atomic mass is 10.1. The van der Waals surface area contributed by atoms with Crippen LogP contribution in [0.2, 0.25) is 0 Å². The number of hydrogen-bond donors (Lipinski definition) is 1. The van der Waals surface area contributed by atoms with Gasteiger partial charge in [0.1, 0.15) is 18.4 Å². The van der Waals surface area contributed by atoms with Gasteiger partial charge in [-0.3, -0.25) is 9.80 Å². The van der Waals surface area contributed by atoms with Crippen LogP contribution in [0.3, 0.4) is 0 Å². The molecule has 6 heteroatoms. The number of para-hydroxylation sites is 1. The van der Waals surface area contributed by atoms with Crippen molar-refractivity contribution in [3.63, 3.8) is 0 Å². The van der Waals surface area contributed by atoms with E-state index in [1.165, 1.54) is 5.01 Å². The summed E-state index contributed by atoms with van der Waals surface area (Å²) >= 11 is 0. The van der Waals surface area contributed by atoms with Crippen molar-refractivity contribution >= 4 is 23.3 Å². The van der Waals surface area contributed by atoms with Crippen molar-refractivity contribution < 1.29 is 14.3 Å². The molecule has 0 bridgehead atoms. The average molecular weight is 287 g/mol. The summed E-state index contributed by atoms with van der Waals surface area (Å²) in [6, 6.07) is 8.43. The van der Waals surface area contributed by atoms with Crippen molar-refractivity contribution in [3.8, 4) is 0 Å². The summed E-state index contributed by atoms with van der Waals surface area (Å²) in [5, 5.41) is 5.66. The number of amides is 1. The van der Waals surface area contributed by atoms with Gasteiger partial charge in [0.15, 0.2) is 0 Å². The number of anilines is 1. The lowest BCUT2D eigenvalue weighted by Crippen LogP contribution is -2.39. The topological polar surface area (TPSA) is 85.0 Å². The maximum atomic E-state index is 11.9. The lowest BCUT2D eigenvalue weighted by molar-refractivity contribution is -0.134. The summed E-state index contributed by atoms with van der Waals surface area (Å²) in [6.45, 7) is 2.02. The molecule has 0 aromatic heterocycles. The van der Waals surface area contributed by atoms with Crippen molar-refractivity contribution in [2.45, 2.75) is 19.4 Å². The normalized spacial score (nSPS) is 17.9. The summed E-state index contributed by atoms with van der Waals surface area (Å²) < 4.78 is 5.04. The summed E-state index contributed by atoms with van der Waals surface area (Å²) in [5.74, 6) is -1.06. The van der Waals surface area contributed by atoms with E-state index in [9.17, 15) is 9.59 Å². The van der Waals surface area contributed by atoms with Gasteiger partial charge in [0.05, 0.1) is 5.69 Å². The average Bonchev–Trinajstić information content (AvgIpc) is 2.94. The first-order chi connectivity index (χ1) is 10.1. The molecule has 0 spiro atoms. The molecule has 1 atom stereocenters. The van der Waals surface area contributed by atoms with Crippen LogP contribution in [0.1, 0.15) is 13.3 Å². The highest BCUT2D eigenvalue weighted by atomic mass is 16.5. The van der Waals surface area contributed by atoms with Crippen molar-refractivity contribution in [2.75, 3.05) is 11.6 Å². The first-order valence-corrected chi connectivity index (χ1v) is 6.63. The molecule has 1 aliphatic rings. The Morgan fingerprint density at radius 1 is 1.43 bits per heavy atom. The van der Waals surface area contributed by atoms with Crippen LogP contribution >= 0.6 is 0 Å². The van der Waals surface area contributed by atoms with E-state index < -0.39 is 17.9 Å². The maximum absolute atomic E-state index is 11.9. The molecule has 2 rings (SSSR count). The smallest absolute Gasteiger partial charge is 0.354 e. The van der Waals surface area contributed by atoms with Gasteiger partial charge in [-0.25, -0.2) is 4.79 Å². The van der Waals surface area contributed by atoms with E-state index in [0.717, 1.165) is 0 Å². The number of esters is 1. The molecule has 21 heavy (non-hydrogen) atoms. The molecule has 0 aliphatic carbocycles. The molecule has 1 aromatic carbocycles. The van der Waals surface area contributed by atoms with Crippen molar-refractivity contribution in [1.29, 1.82) is 0 Å². The second-order valence-corrected chi connectivity index (χ2v) is 4.52. The molecule has 1 aliphatic heterocycles. The minimum Gasteiger partial charge on any atom is -0.457 e. The van der Waals surface area contributed by atoms with Gasteiger partial charge in [-0.05, 0) is 19.1 Å². The van der Waals surface area contributed by atoms with E-state index in [4.69, 9.17) is 10.5 Å². The van der Waals surface area contributed by atoms with Gasteiger partial charge in [0.2, 0.25) is 5.91 Å². The third kappa shape index (κ3) is 3.47. The molecule has 1 amide bonds. The first kappa shape index (κ1) is 14.8. The molecule has 1 aromatic rings. The summed E-state index contributed by atoms with van der Waals surface area (Å²) in [6.07, 6.45) is 3.65. The number of allylic oxidation sites excluding steroid dienone is 1. The number of nitrogens with two attached hydrogens (primary N) is 1. The number of nitrogens with zero attached hydrogens (tertiary/aromatic N) is 2. The predicted octanol–water partition coefficient (Wildman–Crippen LogP) is 1.23. The molecule has 0 saturated heterocycles. The third-order valence-corrected chi connectivity index (χ3v) is 3.04. The molecule has 0 unspecified atom stereocenters. The monoisotopic (exact) mass is 287 g/mol. The van der Waals surface area contributed by atoms with Crippen molar-refractivity contribution in [1.82, 2.24) is 0 Å². The molecule has 1 heterocycles. The zero-order chi connectivity index (χ0) is 15.2. The second-order valence-electron chi connectivity index (χ2n) is 4.52. The molecule has 6 nitrogen and oxygen atoms in total. The summed E-state index contributed by atoms with van der Waals surface area (Å²) in [4.78, 5) is 23.5. The zero-order valence-electron chi connectivity index (χ0n) is 11.7. The Kier molecular flexibility index (Phi) is 4.71. The molecular weight excluding hydrogens is 270 g/mol. The number of carbonyl (C=O) groups excluding carboxylic acids is 2. The highest BCUT2D eigenvalue weighted by Gasteiger charge is 2.35. The van der Waals surface area contributed by atoms with Gasteiger partial charge in [-0.2, -0.15) is 5.10 Å². The van der Waals surface area contributed by atoms with Crippen LogP contribution in [0, 0.1) is 0 Å². The van der Waals surface area contributed by atoms with Crippen LogP contribution in [-0.2, 0) is 14.3 Å². The molecule has 110 valence electrons. The standard InChI is InChI=1S/C15H17N3O3/c1-2-3-9-21-15(20)12-10-13(14(16)19)18(17-12)11-7-5-4-6-8-11/h2-8,13H,9-10H2,1H3,(H2,16,19)/b3-2+/t13-/m1/s1. The molecule has 2 N–H and O–H groups in total. The Morgan fingerprint density at radius 2 is 2.14 bits per heavy atom. The Hall–Kier alpha value is -2.63. The number of ether oxygens (including phenoxy) is 1. The fourth-order valence-corrected chi connectivity index (χ4v) is 1.98.